The summed E-state index contributed by atoms with van der Waals surface area (Å²) >= 11 is 0. The maximum Gasteiger partial charge on any atom is 0.322 e. The molecule has 4 saturated carbocycles. The molecule has 188 valence electrons. The maximum atomic E-state index is 12.0. The summed E-state index contributed by atoms with van der Waals surface area (Å²) in [6.07, 6.45) is 6.52. The van der Waals surface area contributed by atoms with Crippen molar-refractivity contribution in [3.05, 3.63) is 0 Å². The molecule has 7 heteroatoms. The molecule has 4 aliphatic carbocycles. The van der Waals surface area contributed by atoms with Crippen molar-refractivity contribution in [2.45, 2.75) is 103 Å². The molecule has 5 N–H and O–H groups in total. The zero-order valence-corrected chi connectivity index (χ0v) is 20.4. The van der Waals surface area contributed by atoms with E-state index < -0.39 is 23.8 Å². The van der Waals surface area contributed by atoms with Crippen LogP contribution in [0.4, 0.5) is 0 Å². The Morgan fingerprint density at radius 1 is 1.06 bits per heavy atom. The minimum atomic E-state index is -1.20. The van der Waals surface area contributed by atoms with Gasteiger partial charge in [-0.2, -0.15) is 0 Å². The highest BCUT2D eigenvalue weighted by molar-refractivity contribution is 5.81. The molecule has 4 fully saturated rings. The van der Waals surface area contributed by atoms with E-state index in [0.717, 1.165) is 38.5 Å². The summed E-state index contributed by atoms with van der Waals surface area (Å²) in [5.41, 5.74) is -1.39. The van der Waals surface area contributed by atoms with E-state index in [1.54, 1.807) is 0 Å². The molecular formula is C26H43NO6. The van der Waals surface area contributed by atoms with E-state index in [2.05, 4.69) is 26.1 Å². The predicted molar refractivity (Wildman–Crippen MR) is 123 cm³/mol. The van der Waals surface area contributed by atoms with E-state index in [9.17, 15) is 24.9 Å². The highest BCUT2D eigenvalue weighted by Gasteiger charge is 2.67. The van der Waals surface area contributed by atoms with Crippen molar-refractivity contribution in [2.24, 2.45) is 40.4 Å². The molecule has 4 rings (SSSR count). The van der Waals surface area contributed by atoms with E-state index >= 15 is 0 Å². The zero-order valence-electron chi connectivity index (χ0n) is 20.4. The SMILES string of the molecule is C[C@H](CCC(=O)NCC(=O)O)C1CCC2C3C[C@@H](O)[C@@]4(O)C[C@@H](O)CC[C@]4(C)C3CC[C@@]21C. The zero-order chi connectivity index (χ0) is 24.2. The molecule has 4 aliphatic rings. The van der Waals surface area contributed by atoms with Crippen LogP contribution in [0.5, 0.6) is 0 Å². The van der Waals surface area contributed by atoms with Gasteiger partial charge in [-0.15, -0.1) is 0 Å². The quantitative estimate of drug-likeness (QED) is 0.410. The van der Waals surface area contributed by atoms with Gasteiger partial charge in [-0.3, -0.25) is 9.59 Å². The molecular weight excluding hydrogens is 422 g/mol. The number of hydrogen-bond acceptors (Lipinski definition) is 5. The van der Waals surface area contributed by atoms with E-state index in [1.807, 2.05) is 0 Å². The maximum absolute atomic E-state index is 12.0. The summed E-state index contributed by atoms with van der Waals surface area (Å²) < 4.78 is 0. The lowest BCUT2D eigenvalue weighted by molar-refractivity contribution is -0.264. The number of aliphatic hydroxyl groups is 3. The van der Waals surface area contributed by atoms with Gasteiger partial charge in [0.2, 0.25) is 5.91 Å². The molecule has 0 aliphatic heterocycles. The normalized spacial score (nSPS) is 47.7. The molecule has 0 aromatic rings. The molecule has 0 saturated heterocycles. The second kappa shape index (κ2) is 8.80. The van der Waals surface area contributed by atoms with Gasteiger partial charge in [0.1, 0.15) is 6.54 Å². The standard InChI is InChI=1S/C26H43NO6/c1-15(4-7-22(30)27-14-23(31)32)18-5-6-19-17-12-21(29)26(33)13-16(28)8-11-25(26,3)20(17)9-10-24(18,19)2/h15-21,28-29,33H,4-14H2,1-3H3,(H,27,30)(H,31,32)/t15-,16+,17?,18?,19?,20?,21-,24-,25-,26+/m1/s1. The van der Waals surface area contributed by atoms with Crippen molar-refractivity contribution in [2.75, 3.05) is 6.54 Å². The van der Waals surface area contributed by atoms with Gasteiger partial charge in [-0.25, -0.2) is 0 Å². The first kappa shape index (κ1) is 24.9. The van der Waals surface area contributed by atoms with Crippen LogP contribution in [0, 0.1) is 40.4 Å². The third kappa shape index (κ3) is 4.02. The number of carboxylic acid groups (broad SMARTS) is 1. The van der Waals surface area contributed by atoms with Gasteiger partial charge < -0.3 is 25.7 Å². The Kier molecular flexibility index (Phi) is 6.64. The van der Waals surface area contributed by atoms with Crippen LogP contribution in [0.15, 0.2) is 0 Å². The lowest BCUT2D eigenvalue weighted by Gasteiger charge is -2.65. The highest BCUT2D eigenvalue weighted by atomic mass is 16.4. The van der Waals surface area contributed by atoms with Crippen molar-refractivity contribution in [1.82, 2.24) is 5.32 Å². The van der Waals surface area contributed by atoms with Crippen molar-refractivity contribution in [1.29, 1.82) is 0 Å². The molecule has 33 heavy (non-hydrogen) atoms. The summed E-state index contributed by atoms with van der Waals surface area (Å²) in [4.78, 5) is 22.7. The van der Waals surface area contributed by atoms with E-state index in [-0.39, 0.29) is 29.7 Å². The average Bonchev–Trinajstić information content (AvgIpc) is 3.10. The lowest BCUT2D eigenvalue weighted by Crippen LogP contribution is -2.68. The number of carboxylic acids is 1. The van der Waals surface area contributed by atoms with Crippen molar-refractivity contribution >= 4 is 11.9 Å². The third-order valence-corrected chi connectivity index (χ3v) is 10.9. The van der Waals surface area contributed by atoms with Crippen molar-refractivity contribution in [3.63, 3.8) is 0 Å². The summed E-state index contributed by atoms with van der Waals surface area (Å²) in [6.45, 7) is 6.47. The fraction of sp³-hybridized carbons (Fsp3) is 0.923. The first-order chi connectivity index (χ1) is 15.4. The molecule has 4 unspecified atom stereocenters. The number of carbonyl (C=O) groups is 2. The molecule has 10 atom stereocenters. The van der Waals surface area contributed by atoms with Crippen molar-refractivity contribution < 1.29 is 30.0 Å². The van der Waals surface area contributed by atoms with Gasteiger partial charge >= 0.3 is 5.97 Å². The number of fused-ring (bicyclic) bond motifs is 5. The summed E-state index contributed by atoms with van der Waals surface area (Å²) in [7, 11) is 0. The Morgan fingerprint density at radius 3 is 2.48 bits per heavy atom. The minimum absolute atomic E-state index is 0.165. The minimum Gasteiger partial charge on any atom is -0.480 e. The van der Waals surface area contributed by atoms with Gasteiger partial charge in [-0.1, -0.05) is 20.8 Å². The highest BCUT2D eigenvalue weighted by Crippen LogP contribution is 2.69. The number of hydrogen-bond donors (Lipinski definition) is 5. The number of aliphatic hydroxyl groups excluding tert-OH is 2. The van der Waals surface area contributed by atoms with Crippen molar-refractivity contribution in [3.8, 4) is 0 Å². The summed E-state index contributed by atoms with van der Waals surface area (Å²) in [5, 5.41) is 44.2. The Bertz CT molecular complexity index is 774. The van der Waals surface area contributed by atoms with E-state index in [0.29, 0.717) is 48.9 Å². The summed E-state index contributed by atoms with van der Waals surface area (Å²) in [6, 6.07) is 0. The van der Waals surface area contributed by atoms with Crippen LogP contribution < -0.4 is 5.32 Å². The van der Waals surface area contributed by atoms with Crippen LogP contribution in [0.2, 0.25) is 0 Å². The van der Waals surface area contributed by atoms with Crippen LogP contribution in [0.25, 0.3) is 0 Å². The number of aliphatic carboxylic acids is 1. The van der Waals surface area contributed by atoms with E-state index in [1.165, 1.54) is 0 Å². The van der Waals surface area contributed by atoms with Crippen LogP contribution >= 0.6 is 0 Å². The van der Waals surface area contributed by atoms with Crippen LogP contribution in [-0.2, 0) is 9.59 Å². The van der Waals surface area contributed by atoms with E-state index in [4.69, 9.17) is 5.11 Å². The molecule has 0 aromatic heterocycles. The first-order valence-corrected chi connectivity index (χ1v) is 13.0. The molecule has 0 bridgehead atoms. The molecule has 0 aromatic carbocycles. The Labute approximate surface area is 197 Å². The van der Waals surface area contributed by atoms with Gasteiger partial charge in [0, 0.05) is 18.3 Å². The fourth-order valence-electron chi connectivity index (χ4n) is 9.06. The second-order valence-corrected chi connectivity index (χ2v) is 12.3. The van der Waals surface area contributed by atoms with Gasteiger partial charge in [0.15, 0.2) is 0 Å². The smallest absolute Gasteiger partial charge is 0.322 e. The molecule has 7 nitrogen and oxygen atoms in total. The number of carbonyl (C=O) groups excluding carboxylic acids is 1. The molecule has 1 amide bonds. The van der Waals surface area contributed by atoms with Gasteiger partial charge in [-0.05, 0) is 86.4 Å². The van der Waals surface area contributed by atoms with Crippen LogP contribution in [0.3, 0.4) is 0 Å². The average molecular weight is 466 g/mol. The molecule has 0 heterocycles. The first-order valence-electron chi connectivity index (χ1n) is 13.0. The Morgan fingerprint density at radius 2 is 1.79 bits per heavy atom. The second-order valence-electron chi connectivity index (χ2n) is 12.3. The third-order valence-electron chi connectivity index (χ3n) is 10.9. The van der Waals surface area contributed by atoms with Gasteiger partial charge in [0.25, 0.3) is 0 Å². The Balaban J connectivity index is 1.46. The number of amides is 1. The summed E-state index contributed by atoms with van der Waals surface area (Å²) in [5.74, 6) is 0.916. The monoisotopic (exact) mass is 465 g/mol. The molecule has 0 spiro atoms. The predicted octanol–water partition coefficient (Wildman–Crippen LogP) is 2.71. The number of nitrogens with one attached hydrogen (secondary N) is 1. The van der Waals surface area contributed by atoms with Crippen LogP contribution in [0.1, 0.15) is 85.0 Å². The topological polar surface area (TPSA) is 127 Å². The lowest BCUT2D eigenvalue weighted by atomic mass is 9.42. The van der Waals surface area contributed by atoms with Gasteiger partial charge in [0.05, 0.1) is 17.8 Å². The molecule has 0 radical (unpaired) electrons. The Hall–Kier alpha value is -1.18. The fourth-order valence-corrected chi connectivity index (χ4v) is 9.06. The number of rotatable bonds is 6. The van der Waals surface area contributed by atoms with Crippen LogP contribution in [-0.4, -0.2) is 56.7 Å². The largest absolute Gasteiger partial charge is 0.480 e.